The second-order valence-electron chi connectivity index (χ2n) is 10.3. The first kappa shape index (κ1) is 24.9. The van der Waals surface area contributed by atoms with Crippen LogP contribution in [-0.4, -0.2) is 37.8 Å². The third kappa shape index (κ3) is 3.83. The molecule has 3 aliphatic rings. The lowest BCUT2D eigenvalue weighted by atomic mass is 9.89. The molecule has 0 radical (unpaired) electrons. The number of carbonyl (C=O) groups is 1. The predicted molar refractivity (Wildman–Crippen MR) is 155 cm³/mol. The Morgan fingerprint density at radius 1 is 1.08 bits per heavy atom. The molecule has 0 aliphatic carbocycles. The number of aromatic carboxylic acids is 1. The number of hydrogen-bond donors (Lipinski definition) is 1. The van der Waals surface area contributed by atoms with Gasteiger partial charge in [0.15, 0.2) is 5.76 Å². The molecule has 7 nitrogen and oxygen atoms in total. The number of fused-ring (bicyclic) bond motifs is 5. The minimum atomic E-state index is -1.04. The van der Waals surface area contributed by atoms with Gasteiger partial charge in [-0.3, -0.25) is 0 Å². The molecule has 0 aromatic heterocycles. The van der Waals surface area contributed by atoms with Crippen molar-refractivity contribution in [2.45, 2.75) is 26.7 Å². The summed E-state index contributed by atoms with van der Waals surface area (Å²) in [7, 11) is 3.80. The van der Waals surface area contributed by atoms with Crippen LogP contribution >= 0.6 is 0 Å². The van der Waals surface area contributed by atoms with Crippen LogP contribution in [0.2, 0.25) is 0 Å². The van der Waals surface area contributed by atoms with Crippen LogP contribution in [0.4, 0.5) is 11.4 Å². The number of anilines is 2. The fourth-order valence-electron chi connectivity index (χ4n) is 5.95. The fraction of sp³-hybridized carbons (Fsp3) is 0.281. The van der Waals surface area contributed by atoms with E-state index < -0.39 is 5.97 Å². The Balaban J connectivity index is 1.81. The van der Waals surface area contributed by atoms with E-state index in [0.717, 1.165) is 54.8 Å². The van der Waals surface area contributed by atoms with Gasteiger partial charge >= 0.3 is 11.5 Å². The smallest absolute Gasteiger partial charge is 0.424 e. The van der Waals surface area contributed by atoms with Gasteiger partial charge in [-0.1, -0.05) is 18.2 Å². The summed E-state index contributed by atoms with van der Waals surface area (Å²) in [5, 5.41) is 11.6. The normalized spacial score (nSPS) is 13.3. The van der Waals surface area contributed by atoms with Gasteiger partial charge in [0.2, 0.25) is 5.52 Å². The van der Waals surface area contributed by atoms with Crippen LogP contribution in [0.5, 0.6) is 0 Å². The molecule has 1 N–H and O–H groups in total. The Kier molecular flexibility index (Phi) is 6.02. The molecule has 3 aromatic carbocycles. The summed E-state index contributed by atoms with van der Waals surface area (Å²) in [6.07, 6.45) is 2.03. The summed E-state index contributed by atoms with van der Waals surface area (Å²) >= 11 is 0. The van der Waals surface area contributed by atoms with E-state index in [1.54, 1.807) is 29.8 Å². The quantitative estimate of drug-likeness (QED) is 0.187. The highest BCUT2D eigenvalue weighted by Gasteiger charge is 2.32. The summed E-state index contributed by atoms with van der Waals surface area (Å²) in [5.74, 6) is -0.551. The standard InChI is InChI=1S/C32H31N3O4/c1-5-33(3)20-13-14-23-27(17-20)39-30-24-16-19-10-9-15-35(6-2)25(19)18-26(24)34(4)31(36)29(30)28(23)21-11-7-8-12-22(21)32(37)38/h7-8,11-14,16-18H,5-6,9-10,15H2,1-4H3/p+1. The first-order valence-corrected chi connectivity index (χ1v) is 13.5. The highest BCUT2D eigenvalue weighted by Crippen LogP contribution is 2.44. The minimum absolute atomic E-state index is 0.146. The Hall–Kier alpha value is -4.39. The van der Waals surface area contributed by atoms with Gasteiger partial charge in [0, 0.05) is 61.1 Å². The van der Waals surface area contributed by atoms with Crippen molar-refractivity contribution in [3.8, 4) is 22.5 Å². The second-order valence-corrected chi connectivity index (χ2v) is 10.3. The van der Waals surface area contributed by atoms with Gasteiger partial charge < -0.3 is 19.3 Å². The Labute approximate surface area is 226 Å². The van der Waals surface area contributed by atoms with E-state index in [1.165, 1.54) is 5.56 Å². The van der Waals surface area contributed by atoms with Crippen LogP contribution in [-0.2, 0) is 13.5 Å². The van der Waals surface area contributed by atoms with E-state index in [1.807, 2.05) is 31.3 Å². The lowest BCUT2D eigenvalue weighted by molar-refractivity contribution is -0.658. The molecule has 39 heavy (non-hydrogen) atoms. The first-order chi connectivity index (χ1) is 18.8. The molecule has 7 heteroatoms. The SMILES string of the molecule is CCN(C)c1ccc2c(-c3ccccc3C(=O)O)c3c(=O)[n+](C)c4cc5c(cc4c-3oc2c1)CCCN5CC. The van der Waals surface area contributed by atoms with Gasteiger partial charge in [0.1, 0.15) is 18.2 Å². The second kappa shape index (κ2) is 9.42. The average Bonchev–Trinajstić information content (AvgIpc) is 2.96. The maximum atomic E-state index is 14.1. The third-order valence-corrected chi connectivity index (χ3v) is 8.18. The van der Waals surface area contributed by atoms with Gasteiger partial charge in [0.05, 0.1) is 10.9 Å². The molecule has 0 saturated carbocycles. The van der Waals surface area contributed by atoms with Gasteiger partial charge in [-0.15, -0.1) is 0 Å². The zero-order valence-corrected chi connectivity index (χ0v) is 22.7. The highest BCUT2D eigenvalue weighted by atomic mass is 16.4. The summed E-state index contributed by atoms with van der Waals surface area (Å²) in [5.41, 5.74) is 6.20. The first-order valence-electron chi connectivity index (χ1n) is 13.5. The monoisotopic (exact) mass is 522 g/mol. The average molecular weight is 523 g/mol. The van der Waals surface area contributed by atoms with Crippen LogP contribution in [0.1, 0.15) is 36.2 Å². The molecule has 3 aliphatic heterocycles. The Morgan fingerprint density at radius 2 is 1.87 bits per heavy atom. The molecule has 0 bridgehead atoms. The number of carboxylic acids is 1. The van der Waals surface area contributed by atoms with Gasteiger partial charge in [-0.25, -0.2) is 9.59 Å². The molecule has 0 fully saturated rings. The van der Waals surface area contributed by atoms with Crippen molar-refractivity contribution in [1.82, 2.24) is 0 Å². The number of hydrogen-bond acceptors (Lipinski definition) is 5. The molecule has 3 heterocycles. The minimum Gasteiger partial charge on any atom is -0.478 e. The van der Waals surface area contributed by atoms with E-state index in [-0.39, 0.29) is 11.1 Å². The summed E-state index contributed by atoms with van der Waals surface area (Å²) < 4.78 is 8.31. The number of aryl methyl sites for hydroxylation is 2. The molecule has 0 saturated heterocycles. The van der Waals surface area contributed by atoms with Gasteiger partial charge in [0.25, 0.3) is 0 Å². The van der Waals surface area contributed by atoms with E-state index >= 15 is 0 Å². The van der Waals surface area contributed by atoms with Crippen molar-refractivity contribution in [3.05, 3.63) is 76.1 Å². The summed E-state index contributed by atoms with van der Waals surface area (Å²) in [6, 6.07) is 17.1. The fourth-order valence-corrected chi connectivity index (χ4v) is 5.95. The van der Waals surface area contributed by atoms with Crippen LogP contribution in [0.3, 0.4) is 0 Å². The zero-order valence-electron chi connectivity index (χ0n) is 22.7. The Morgan fingerprint density at radius 3 is 2.62 bits per heavy atom. The molecule has 0 unspecified atom stereocenters. The van der Waals surface area contributed by atoms with Gasteiger partial charge in [-0.2, -0.15) is 4.57 Å². The zero-order chi connectivity index (χ0) is 27.4. The van der Waals surface area contributed by atoms with E-state index in [0.29, 0.717) is 33.4 Å². The largest absolute Gasteiger partial charge is 0.478 e. The molecular weight excluding hydrogens is 490 g/mol. The van der Waals surface area contributed by atoms with Crippen molar-refractivity contribution < 1.29 is 18.9 Å². The number of pyridine rings is 1. The van der Waals surface area contributed by atoms with E-state index in [2.05, 4.69) is 35.8 Å². The molecule has 198 valence electrons. The molecule has 0 spiro atoms. The topological polar surface area (TPSA) is 77.9 Å². The number of aromatic nitrogens is 1. The van der Waals surface area contributed by atoms with Crippen LogP contribution in [0.25, 0.3) is 44.3 Å². The van der Waals surface area contributed by atoms with E-state index in [9.17, 15) is 14.7 Å². The predicted octanol–water partition coefficient (Wildman–Crippen LogP) is 5.47. The lowest BCUT2D eigenvalue weighted by Gasteiger charge is -2.30. The van der Waals surface area contributed by atoms with Crippen molar-refractivity contribution in [1.29, 1.82) is 0 Å². The van der Waals surface area contributed by atoms with Crippen LogP contribution in [0.15, 0.2) is 63.8 Å². The summed E-state index contributed by atoms with van der Waals surface area (Å²) in [4.78, 5) is 30.9. The molecule has 6 rings (SSSR count). The number of nitrogens with zero attached hydrogens (tertiary/aromatic N) is 3. The molecule has 3 aromatic rings. The van der Waals surface area contributed by atoms with Crippen molar-refractivity contribution >= 4 is 39.2 Å². The summed E-state index contributed by atoms with van der Waals surface area (Å²) in [6.45, 7) is 6.94. The number of rotatable bonds is 5. The van der Waals surface area contributed by atoms with Crippen molar-refractivity contribution in [3.63, 3.8) is 0 Å². The van der Waals surface area contributed by atoms with Gasteiger partial charge in [-0.05, 0) is 62.1 Å². The highest BCUT2D eigenvalue weighted by molar-refractivity contribution is 6.10. The van der Waals surface area contributed by atoms with Crippen molar-refractivity contribution in [2.24, 2.45) is 7.05 Å². The maximum Gasteiger partial charge on any atom is 0.424 e. The number of carboxylic acid groups (broad SMARTS) is 1. The van der Waals surface area contributed by atoms with E-state index in [4.69, 9.17) is 4.42 Å². The maximum absolute atomic E-state index is 14.1. The number of benzene rings is 3. The lowest BCUT2D eigenvalue weighted by Crippen LogP contribution is -2.48. The molecule has 0 atom stereocenters. The molecular formula is C32H32N3O4+. The Bertz CT molecular complexity index is 1810. The van der Waals surface area contributed by atoms with Crippen LogP contribution < -0.4 is 19.9 Å². The third-order valence-electron chi connectivity index (χ3n) is 8.18. The van der Waals surface area contributed by atoms with Crippen LogP contribution in [0, 0.1) is 0 Å². The van der Waals surface area contributed by atoms with Crippen molar-refractivity contribution in [2.75, 3.05) is 36.5 Å². The molecule has 0 amide bonds.